The van der Waals surface area contributed by atoms with Gasteiger partial charge >= 0.3 is 0 Å². The van der Waals surface area contributed by atoms with Crippen molar-refractivity contribution in [1.82, 2.24) is 4.98 Å². The Morgan fingerprint density at radius 1 is 1.00 bits per heavy atom. The van der Waals surface area contributed by atoms with Gasteiger partial charge in [0.25, 0.3) is 0 Å². The third-order valence-corrected chi connectivity index (χ3v) is 5.43. The Morgan fingerprint density at radius 2 is 1.77 bits per heavy atom. The van der Waals surface area contributed by atoms with Crippen molar-refractivity contribution < 1.29 is 9.47 Å². The molecule has 5 nitrogen and oxygen atoms in total. The zero-order valence-electron chi connectivity index (χ0n) is 17.4. The van der Waals surface area contributed by atoms with E-state index in [4.69, 9.17) is 9.47 Å². The van der Waals surface area contributed by atoms with E-state index in [-0.39, 0.29) is 0 Å². The van der Waals surface area contributed by atoms with Crippen LogP contribution >= 0.6 is 11.3 Å². The van der Waals surface area contributed by atoms with Crippen LogP contribution in [0, 0.1) is 6.92 Å². The normalized spacial score (nSPS) is 10.9. The number of nitrogens with one attached hydrogen (secondary N) is 1. The number of para-hydroxylation sites is 1. The molecule has 0 amide bonds. The molecule has 4 aromatic rings. The number of ether oxygens (including phenoxy) is 2. The summed E-state index contributed by atoms with van der Waals surface area (Å²) in [5.74, 6) is 1.61. The first-order chi connectivity index (χ1) is 15.2. The molecule has 0 aliphatic heterocycles. The van der Waals surface area contributed by atoms with E-state index in [1.807, 2.05) is 53.9 Å². The first-order valence-electron chi connectivity index (χ1n) is 9.88. The minimum atomic E-state index is 0.510. The van der Waals surface area contributed by atoms with E-state index in [9.17, 15) is 0 Å². The first-order valence-corrected chi connectivity index (χ1v) is 10.8. The van der Waals surface area contributed by atoms with E-state index in [1.165, 1.54) is 16.9 Å². The number of rotatable bonds is 8. The number of hydrazone groups is 1. The summed E-state index contributed by atoms with van der Waals surface area (Å²) in [5, 5.41) is 7.07. The lowest BCUT2D eigenvalue weighted by Crippen LogP contribution is -1.99. The predicted octanol–water partition coefficient (Wildman–Crippen LogP) is 6.15. The molecule has 0 saturated heterocycles. The van der Waals surface area contributed by atoms with Gasteiger partial charge in [-0.25, -0.2) is 4.98 Å². The Labute approximate surface area is 186 Å². The van der Waals surface area contributed by atoms with Crippen molar-refractivity contribution in [2.75, 3.05) is 12.5 Å². The third kappa shape index (κ3) is 5.49. The van der Waals surface area contributed by atoms with Crippen LogP contribution in [0.4, 0.5) is 5.13 Å². The van der Waals surface area contributed by atoms with Crippen molar-refractivity contribution >= 4 is 22.7 Å². The molecule has 1 N–H and O–H groups in total. The molecule has 0 aliphatic carbocycles. The Balaban J connectivity index is 1.39. The highest BCUT2D eigenvalue weighted by Crippen LogP contribution is 2.26. The van der Waals surface area contributed by atoms with Crippen LogP contribution in [-0.2, 0) is 6.61 Å². The molecule has 1 heterocycles. The zero-order chi connectivity index (χ0) is 21.5. The van der Waals surface area contributed by atoms with E-state index in [2.05, 4.69) is 46.7 Å². The summed E-state index contributed by atoms with van der Waals surface area (Å²) in [6.07, 6.45) is 1.75. The minimum absolute atomic E-state index is 0.510. The van der Waals surface area contributed by atoms with E-state index in [1.54, 1.807) is 13.3 Å². The van der Waals surface area contributed by atoms with Crippen molar-refractivity contribution in [2.24, 2.45) is 5.10 Å². The van der Waals surface area contributed by atoms with Gasteiger partial charge in [0.2, 0.25) is 5.13 Å². The number of methoxy groups -OCH3 is 1. The summed E-state index contributed by atoms with van der Waals surface area (Å²) in [4.78, 5) is 4.59. The average molecular weight is 430 g/mol. The van der Waals surface area contributed by atoms with Gasteiger partial charge in [-0.2, -0.15) is 5.10 Å². The van der Waals surface area contributed by atoms with Gasteiger partial charge < -0.3 is 9.47 Å². The van der Waals surface area contributed by atoms with Gasteiger partial charge in [-0.05, 0) is 48.9 Å². The highest BCUT2D eigenvalue weighted by molar-refractivity contribution is 7.14. The number of thiazole rings is 1. The van der Waals surface area contributed by atoms with E-state index in [0.717, 1.165) is 39.0 Å². The molecular formula is C25H23N3O2S. The van der Waals surface area contributed by atoms with Crippen LogP contribution in [0.15, 0.2) is 83.3 Å². The number of benzene rings is 3. The van der Waals surface area contributed by atoms with Gasteiger partial charge in [-0.15, -0.1) is 11.3 Å². The SMILES string of the molecule is COc1ccc(-c2csc(N/N=C\c3ccccc3OCc3ccc(C)cc3)n2)cc1. The molecule has 4 rings (SSSR count). The molecule has 31 heavy (non-hydrogen) atoms. The fraction of sp³-hybridized carbons (Fsp3) is 0.120. The Morgan fingerprint density at radius 3 is 2.55 bits per heavy atom. The molecule has 0 bridgehead atoms. The van der Waals surface area contributed by atoms with Crippen LogP contribution < -0.4 is 14.9 Å². The quantitative estimate of drug-likeness (QED) is 0.269. The maximum absolute atomic E-state index is 6.00. The first kappa shape index (κ1) is 20.6. The lowest BCUT2D eigenvalue weighted by molar-refractivity contribution is 0.306. The Bertz CT molecular complexity index is 1150. The molecule has 0 spiro atoms. The Kier molecular flexibility index (Phi) is 6.59. The largest absolute Gasteiger partial charge is 0.497 e. The topological polar surface area (TPSA) is 55.7 Å². The summed E-state index contributed by atoms with van der Waals surface area (Å²) in [5.41, 5.74) is 8.20. The highest BCUT2D eigenvalue weighted by atomic mass is 32.1. The number of nitrogens with zero attached hydrogens (tertiary/aromatic N) is 2. The number of anilines is 1. The molecule has 0 aliphatic rings. The smallest absolute Gasteiger partial charge is 0.203 e. The van der Waals surface area contributed by atoms with Crippen molar-refractivity contribution in [3.05, 3.63) is 94.9 Å². The Hall–Kier alpha value is -3.64. The van der Waals surface area contributed by atoms with Gasteiger partial charge in [-0.1, -0.05) is 42.0 Å². The average Bonchev–Trinajstić information content (AvgIpc) is 3.28. The summed E-state index contributed by atoms with van der Waals surface area (Å²) in [6, 6.07) is 24.0. The molecule has 0 unspecified atom stereocenters. The van der Waals surface area contributed by atoms with Gasteiger partial charge in [0.1, 0.15) is 18.1 Å². The van der Waals surface area contributed by atoms with Crippen LogP contribution in [0.3, 0.4) is 0 Å². The molecule has 156 valence electrons. The molecular weight excluding hydrogens is 406 g/mol. The van der Waals surface area contributed by atoms with Gasteiger partial charge in [-0.3, -0.25) is 5.43 Å². The van der Waals surface area contributed by atoms with Gasteiger partial charge in [0, 0.05) is 16.5 Å². The summed E-state index contributed by atoms with van der Waals surface area (Å²) < 4.78 is 11.2. The van der Waals surface area contributed by atoms with Crippen molar-refractivity contribution in [3.8, 4) is 22.8 Å². The van der Waals surface area contributed by atoms with Crippen molar-refractivity contribution in [3.63, 3.8) is 0 Å². The maximum atomic E-state index is 6.00. The second-order valence-electron chi connectivity index (χ2n) is 6.95. The van der Waals surface area contributed by atoms with Gasteiger partial charge in [0.15, 0.2) is 0 Å². The van der Waals surface area contributed by atoms with E-state index >= 15 is 0 Å². The maximum Gasteiger partial charge on any atom is 0.203 e. The highest BCUT2D eigenvalue weighted by Gasteiger charge is 2.05. The van der Waals surface area contributed by atoms with Crippen LogP contribution in [0.1, 0.15) is 16.7 Å². The second kappa shape index (κ2) is 9.91. The number of hydrogen-bond donors (Lipinski definition) is 1. The lowest BCUT2D eigenvalue weighted by atomic mass is 10.1. The lowest BCUT2D eigenvalue weighted by Gasteiger charge is -2.09. The number of hydrogen-bond acceptors (Lipinski definition) is 6. The molecule has 6 heteroatoms. The second-order valence-corrected chi connectivity index (χ2v) is 7.81. The van der Waals surface area contributed by atoms with Crippen LogP contribution in [0.2, 0.25) is 0 Å². The van der Waals surface area contributed by atoms with Crippen LogP contribution in [0.25, 0.3) is 11.3 Å². The monoisotopic (exact) mass is 429 g/mol. The predicted molar refractivity (Wildman–Crippen MR) is 127 cm³/mol. The molecule has 0 radical (unpaired) electrons. The summed E-state index contributed by atoms with van der Waals surface area (Å²) in [7, 11) is 1.66. The van der Waals surface area contributed by atoms with Gasteiger partial charge in [0.05, 0.1) is 19.0 Å². The summed E-state index contributed by atoms with van der Waals surface area (Å²) in [6.45, 7) is 2.59. The number of aryl methyl sites for hydroxylation is 1. The number of aromatic nitrogens is 1. The fourth-order valence-corrected chi connectivity index (χ4v) is 3.61. The third-order valence-electron chi connectivity index (χ3n) is 4.69. The molecule has 0 fully saturated rings. The molecule has 0 atom stereocenters. The standard InChI is InChI=1S/C25H23N3O2S/c1-18-7-9-19(10-8-18)16-30-24-6-4-3-5-21(24)15-26-28-25-27-23(17-31-25)20-11-13-22(29-2)14-12-20/h3-15,17H,16H2,1-2H3,(H,27,28)/b26-15-. The van der Waals surface area contributed by atoms with Crippen molar-refractivity contribution in [1.29, 1.82) is 0 Å². The molecule has 1 aromatic heterocycles. The summed E-state index contributed by atoms with van der Waals surface area (Å²) >= 11 is 1.50. The molecule has 3 aromatic carbocycles. The van der Waals surface area contributed by atoms with Crippen LogP contribution in [0.5, 0.6) is 11.5 Å². The van der Waals surface area contributed by atoms with E-state index < -0.39 is 0 Å². The molecule has 0 saturated carbocycles. The zero-order valence-corrected chi connectivity index (χ0v) is 18.2. The van der Waals surface area contributed by atoms with Crippen molar-refractivity contribution in [2.45, 2.75) is 13.5 Å². The van der Waals surface area contributed by atoms with E-state index in [0.29, 0.717) is 6.61 Å². The minimum Gasteiger partial charge on any atom is -0.497 e. The fourth-order valence-electron chi connectivity index (χ4n) is 2.94. The van der Waals surface area contributed by atoms with Crippen LogP contribution in [-0.4, -0.2) is 18.3 Å².